The van der Waals surface area contributed by atoms with Crippen molar-refractivity contribution in [2.24, 2.45) is 0 Å². The molecular formula is C21H27N7O. The van der Waals surface area contributed by atoms with Crippen LogP contribution < -0.4 is 11.2 Å². The number of pyridine rings is 1. The van der Waals surface area contributed by atoms with E-state index in [1.807, 2.05) is 30.2 Å². The van der Waals surface area contributed by atoms with Crippen LogP contribution in [0.15, 0.2) is 30.7 Å². The van der Waals surface area contributed by atoms with E-state index in [2.05, 4.69) is 22.2 Å². The normalized spacial score (nSPS) is 16.5. The highest BCUT2D eigenvalue weighted by molar-refractivity contribution is 5.92. The van der Waals surface area contributed by atoms with E-state index in [-0.39, 0.29) is 11.9 Å². The van der Waals surface area contributed by atoms with Crippen LogP contribution in [-0.4, -0.2) is 49.6 Å². The molecule has 0 aliphatic carbocycles. The zero-order valence-corrected chi connectivity index (χ0v) is 16.9. The van der Waals surface area contributed by atoms with Crippen molar-refractivity contribution in [2.75, 3.05) is 24.2 Å². The number of nitrogens with one attached hydrogen (secondary N) is 1. The molecule has 0 radical (unpaired) electrons. The van der Waals surface area contributed by atoms with Crippen LogP contribution in [0.4, 0.5) is 5.82 Å². The molecule has 0 aromatic carbocycles. The first-order valence-electron chi connectivity index (χ1n) is 10.2. The van der Waals surface area contributed by atoms with Gasteiger partial charge in [-0.15, -0.1) is 0 Å². The monoisotopic (exact) mass is 393 g/mol. The maximum Gasteiger partial charge on any atom is 0.222 e. The molecule has 1 fully saturated rings. The molecule has 8 heteroatoms. The van der Waals surface area contributed by atoms with Gasteiger partial charge in [0.25, 0.3) is 0 Å². The molecule has 0 bridgehead atoms. The molecule has 1 amide bonds. The van der Waals surface area contributed by atoms with Crippen LogP contribution in [0, 0.1) is 0 Å². The Bertz CT molecular complexity index is 1030. The summed E-state index contributed by atoms with van der Waals surface area (Å²) in [5.74, 6) is 7.70. The van der Waals surface area contributed by atoms with Crippen molar-refractivity contribution in [3.8, 4) is 11.4 Å². The first-order chi connectivity index (χ1) is 14.1. The molecule has 1 saturated heterocycles. The average molecular weight is 393 g/mol. The number of aromatic nitrogens is 4. The van der Waals surface area contributed by atoms with Crippen LogP contribution in [0.2, 0.25) is 0 Å². The number of carbonyl (C=O) groups is 1. The third kappa shape index (κ3) is 3.62. The van der Waals surface area contributed by atoms with Crippen LogP contribution in [-0.2, 0) is 11.2 Å². The molecule has 3 aromatic rings. The van der Waals surface area contributed by atoms with Crippen LogP contribution in [0.3, 0.4) is 0 Å². The van der Waals surface area contributed by atoms with E-state index < -0.39 is 0 Å². The second-order valence-electron chi connectivity index (χ2n) is 7.36. The summed E-state index contributed by atoms with van der Waals surface area (Å²) in [5, 5.41) is 4.40. The summed E-state index contributed by atoms with van der Waals surface area (Å²) in [4.78, 5) is 27.9. The van der Waals surface area contributed by atoms with E-state index in [1.54, 1.807) is 12.4 Å². The van der Waals surface area contributed by atoms with Gasteiger partial charge in [-0.05, 0) is 31.4 Å². The number of hydrogen-bond acceptors (Lipinski definition) is 6. The first kappa shape index (κ1) is 19.2. The molecule has 0 saturated carbocycles. The van der Waals surface area contributed by atoms with E-state index in [4.69, 9.17) is 10.8 Å². The minimum Gasteiger partial charge on any atom is -0.368 e. The van der Waals surface area contributed by atoms with Crippen LogP contribution in [0.5, 0.6) is 0 Å². The van der Waals surface area contributed by atoms with Gasteiger partial charge in [0, 0.05) is 60.7 Å². The minimum atomic E-state index is 0.209. The number of hydrogen-bond donors (Lipinski definition) is 2. The van der Waals surface area contributed by atoms with Crippen molar-refractivity contribution in [3.05, 3.63) is 36.3 Å². The van der Waals surface area contributed by atoms with Gasteiger partial charge in [-0.25, -0.2) is 15.0 Å². The number of anilines is 1. The van der Waals surface area contributed by atoms with E-state index in [9.17, 15) is 4.79 Å². The highest BCUT2D eigenvalue weighted by Gasteiger charge is 2.27. The molecule has 1 atom stereocenters. The van der Waals surface area contributed by atoms with Gasteiger partial charge in [-0.2, -0.15) is 0 Å². The molecule has 152 valence electrons. The molecule has 0 unspecified atom stereocenters. The van der Waals surface area contributed by atoms with Crippen LogP contribution in [0.25, 0.3) is 22.4 Å². The second kappa shape index (κ2) is 8.06. The van der Waals surface area contributed by atoms with Gasteiger partial charge in [0.05, 0.1) is 0 Å². The first-order valence-corrected chi connectivity index (χ1v) is 10.2. The third-order valence-electron chi connectivity index (χ3n) is 5.58. The van der Waals surface area contributed by atoms with Crippen LogP contribution >= 0.6 is 0 Å². The Morgan fingerprint density at radius 3 is 3.00 bits per heavy atom. The third-order valence-corrected chi connectivity index (χ3v) is 5.58. The topological polar surface area (TPSA) is 102 Å². The van der Waals surface area contributed by atoms with Crippen molar-refractivity contribution < 1.29 is 4.79 Å². The molecule has 4 rings (SSSR count). The van der Waals surface area contributed by atoms with E-state index in [1.165, 1.54) is 4.68 Å². The fourth-order valence-electron chi connectivity index (χ4n) is 4.00. The van der Waals surface area contributed by atoms with E-state index >= 15 is 0 Å². The summed E-state index contributed by atoms with van der Waals surface area (Å²) in [6, 6.07) is 4.06. The van der Waals surface area contributed by atoms with Crippen molar-refractivity contribution in [1.29, 1.82) is 0 Å². The van der Waals surface area contributed by atoms with Gasteiger partial charge >= 0.3 is 0 Å². The summed E-state index contributed by atoms with van der Waals surface area (Å²) < 4.78 is 1.50. The number of nitrogens with zero attached hydrogens (tertiary/aromatic N) is 5. The Morgan fingerprint density at radius 2 is 2.21 bits per heavy atom. The van der Waals surface area contributed by atoms with Gasteiger partial charge in [0.1, 0.15) is 5.82 Å². The number of rotatable bonds is 6. The van der Waals surface area contributed by atoms with Gasteiger partial charge in [0.15, 0.2) is 11.5 Å². The molecule has 1 aliphatic heterocycles. The predicted octanol–water partition coefficient (Wildman–Crippen LogP) is 2.58. The molecule has 3 N–H and O–H groups in total. The lowest BCUT2D eigenvalue weighted by Gasteiger charge is -2.25. The number of amides is 1. The van der Waals surface area contributed by atoms with Gasteiger partial charge in [-0.3, -0.25) is 9.47 Å². The quantitative estimate of drug-likeness (QED) is 0.624. The smallest absolute Gasteiger partial charge is 0.222 e. The van der Waals surface area contributed by atoms with Gasteiger partial charge < -0.3 is 16.1 Å². The summed E-state index contributed by atoms with van der Waals surface area (Å²) in [7, 11) is 0. The Kier molecular flexibility index (Phi) is 5.33. The Balaban J connectivity index is 1.61. The van der Waals surface area contributed by atoms with E-state index in [0.29, 0.717) is 24.4 Å². The highest BCUT2D eigenvalue weighted by atomic mass is 16.2. The number of likely N-dealkylation sites (tertiary alicyclic amines) is 1. The predicted molar refractivity (Wildman–Crippen MR) is 114 cm³/mol. The minimum absolute atomic E-state index is 0.209. The lowest BCUT2D eigenvalue weighted by atomic mass is 10.1. The molecule has 1 aliphatic rings. The van der Waals surface area contributed by atoms with Crippen molar-refractivity contribution in [3.63, 3.8) is 0 Å². The fourth-order valence-corrected chi connectivity index (χ4v) is 4.00. The summed E-state index contributed by atoms with van der Waals surface area (Å²) in [6.07, 6.45) is 8.83. The zero-order chi connectivity index (χ0) is 20.4. The van der Waals surface area contributed by atoms with E-state index in [0.717, 1.165) is 48.1 Å². The zero-order valence-electron chi connectivity index (χ0n) is 16.9. The summed E-state index contributed by atoms with van der Waals surface area (Å²) in [5.41, 5.74) is 2.60. The van der Waals surface area contributed by atoms with Crippen LogP contribution in [0.1, 0.15) is 38.7 Å². The molecule has 3 aromatic heterocycles. The lowest BCUT2D eigenvalue weighted by Crippen LogP contribution is -2.39. The Morgan fingerprint density at radius 1 is 1.34 bits per heavy atom. The van der Waals surface area contributed by atoms with Gasteiger partial charge in [0.2, 0.25) is 5.91 Å². The number of nitrogen functional groups attached to an aromatic ring is 1. The number of nitrogens with two attached hydrogens (primary N) is 1. The molecule has 8 nitrogen and oxygen atoms in total. The molecule has 29 heavy (non-hydrogen) atoms. The number of fused-ring (bicyclic) bond motifs is 1. The van der Waals surface area contributed by atoms with Crippen molar-refractivity contribution in [2.45, 2.75) is 45.6 Å². The van der Waals surface area contributed by atoms with Crippen molar-refractivity contribution >= 4 is 22.8 Å². The molecular weight excluding hydrogens is 366 g/mol. The van der Waals surface area contributed by atoms with Crippen molar-refractivity contribution in [1.82, 2.24) is 24.5 Å². The maximum absolute atomic E-state index is 12.2. The highest BCUT2D eigenvalue weighted by Crippen LogP contribution is 2.28. The lowest BCUT2D eigenvalue weighted by molar-refractivity contribution is -0.131. The summed E-state index contributed by atoms with van der Waals surface area (Å²) in [6.45, 7) is 5.54. The fraction of sp³-hybridized carbons (Fsp3) is 0.429. The maximum atomic E-state index is 12.2. The number of aryl methyl sites for hydroxylation is 1. The molecule has 4 heterocycles. The number of carbonyl (C=O) groups excluding carboxylic acids is 1. The standard InChI is InChI=1S/C21H27N7O/c1-3-14-11-24-20(17-13-28(22)21-16(17)8-5-9-23-21)26-19(14)25-12-15-7-6-10-27(15)18(29)4-2/h5,8-9,11,13,15H,3-4,6-7,10,12,22H2,1-2H3,(H,24,25,26)/t15-/m1/s1. The Hall–Kier alpha value is -3.16. The summed E-state index contributed by atoms with van der Waals surface area (Å²) >= 11 is 0. The average Bonchev–Trinajstić information content (AvgIpc) is 3.36. The largest absolute Gasteiger partial charge is 0.368 e. The van der Waals surface area contributed by atoms with Gasteiger partial charge in [-0.1, -0.05) is 13.8 Å². The SMILES string of the molecule is CCC(=O)N1CCC[C@@H]1CNc1nc(-c2cn(N)c3ncccc23)ncc1CC. The molecule has 0 spiro atoms. The second-order valence-corrected chi connectivity index (χ2v) is 7.36. The Labute approximate surface area is 170 Å².